The summed E-state index contributed by atoms with van der Waals surface area (Å²) in [6.07, 6.45) is -0.135. The molecule has 0 aromatic heterocycles. The summed E-state index contributed by atoms with van der Waals surface area (Å²) in [7, 11) is 0. The van der Waals surface area contributed by atoms with Crippen LogP contribution in [0.2, 0.25) is 0 Å². The molecule has 1 rings (SSSR count). The first-order valence-corrected chi connectivity index (χ1v) is 9.68. The monoisotopic (exact) mass is 416 g/mol. The van der Waals surface area contributed by atoms with Gasteiger partial charge in [-0.15, -0.1) is 0 Å². The standard InChI is InChI=1S/C18H32N4O7/c1-9(2)7-11(19)15(25)21-14(10(3)24)16(26)20-12(8-23)17(27)22-6-4-5-13(22)18(28)29/h9-14,23-24H,4-8,19H2,1-3H3,(H,20,26)(H,21,25)(H,28,29). The number of carboxylic acids is 1. The maximum absolute atomic E-state index is 12.6. The number of nitrogens with one attached hydrogen (secondary N) is 2. The zero-order chi connectivity index (χ0) is 22.3. The number of aliphatic hydroxyl groups excluding tert-OH is 2. The van der Waals surface area contributed by atoms with Crippen LogP contribution < -0.4 is 16.4 Å². The molecule has 3 amide bonds. The van der Waals surface area contributed by atoms with E-state index in [0.29, 0.717) is 12.8 Å². The van der Waals surface area contributed by atoms with Crippen molar-refractivity contribution in [1.82, 2.24) is 15.5 Å². The minimum atomic E-state index is -1.40. The summed E-state index contributed by atoms with van der Waals surface area (Å²) in [6.45, 7) is 4.48. The summed E-state index contributed by atoms with van der Waals surface area (Å²) < 4.78 is 0. The first-order chi connectivity index (χ1) is 13.5. The van der Waals surface area contributed by atoms with Crippen LogP contribution in [-0.4, -0.2) is 87.3 Å². The third-order valence-electron chi connectivity index (χ3n) is 4.74. The molecule has 11 nitrogen and oxygen atoms in total. The molecule has 29 heavy (non-hydrogen) atoms. The van der Waals surface area contributed by atoms with Gasteiger partial charge in [0, 0.05) is 6.54 Å². The molecule has 1 aliphatic heterocycles. The second kappa shape index (κ2) is 11.1. The van der Waals surface area contributed by atoms with Crippen LogP contribution in [0.1, 0.15) is 40.0 Å². The number of aliphatic hydroxyl groups is 2. The molecule has 0 aliphatic carbocycles. The summed E-state index contributed by atoms with van der Waals surface area (Å²) in [5.74, 6) is -3.26. The minimum absolute atomic E-state index is 0.147. The lowest BCUT2D eigenvalue weighted by atomic mass is 10.0. The average molecular weight is 416 g/mol. The number of carbonyl (C=O) groups is 4. The molecule has 7 N–H and O–H groups in total. The summed E-state index contributed by atoms with van der Waals surface area (Å²) in [5, 5.41) is 33.3. The highest BCUT2D eigenvalue weighted by atomic mass is 16.4. The molecule has 166 valence electrons. The molecular formula is C18H32N4O7. The Morgan fingerprint density at radius 2 is 1.76 bits per heavy atom. The number of likely N-dealkylation sites (tertiary alicyclic amines) is 1. The lowest BCUT2D eigenvalue weighted by Crippen LogP contribution is -2.60. The Hall–Kier alpha value is -2.24. The van der Waals surface area contributed by atoms with Gasteiger partial charge in [0.25, 0.3) is 0 Å². The third kappa shape index (κ3) is 6.94. The number of hydrogen-bond acceptors (Lipinski definition) is 7. The maximum Gasteiger partial charge on any atom is 0.326 e. The van der Waals surface area contributed by atoms with Crippen molar-refractivity contribution in [3.05, 3.63) is 0 Å². The van der Waals surface area contributed by atoms with Crippen molar-refractivity contribution in [1.29, 1.82) is 0 Å². The minimum Gasteiger partial charge on any atom is -0.480 e. The fourth-order valence-electron chi connectivity index (χ4n) is 3.21. The van der Waals surface area contributed by atoms with Crippen LogP contribution in [0.25, 0.3) is 0 Å². The normalized spacial score (nSPS) is 20.7. The zero-order valence-electron chi connectivity index (χ0n) is 17.0. The van der Waals surface area contributed by atoms with E-state index >= 15 is 0 Å². The van der Waals surface area contributed by atoms with Crippen LogP contribution in [-0.2, 0) is 19.2 Å². The van der Waals surface area contributed by atoms with Gasteiger partial charge in [-0.3, -0.25) is 14.4 Å². The largest absolute Gasteiger partial charge is 0.480 e. The fraction of sp³-hybridized carbons (Fsp3) is 0.778. The van der Waals surface area contributed by atoms with Crippen LogP contribution in [0, 0.1) is 5.92 Å². The number of nitrogens with zero attached hydrogens (tertiary/aromatic N) is 1. The fourth-order valence-corrected chi connectivity index (χ4v) is 3.21. The Morgan fingerprint density at radius 1 is 1.14 bits per heavy atom. The van der Waals surface area contributed by atoms with E-state index in [1.165, 1.54) is 6.92 Å². The number of carbonyl (C=O) groups excluding carboxylic acids is 3. The van der Waals surface area contributed by atoms with Crippen molar-refractivity contribution in [3.63, 3.8) is 0 Å². The van der Waals surface area contributed by atoms with Crippen LogP contribution >= 0.6 is 0 Å². The van der Waals surface area contributed by atoms with Gasteiger partial charge in [0.1, 0.15) is 18.1 Å². The van der Waals surface area contributed by atoms with Gasteiger partial charge in [-0.25, -0.2) is 4.79 Å². The van der Waals surface area contributed by atoms with Gasteiger partial charge in [0.2, 0.25) is 17.7 Å². The Kier molecular flexibility index (Phi) is 9.47. The van der Waals surface area contributed by atoms with E-state index in [-0.39, 0.29) is 18.9 Å². The average Bonchev–Trinajstić information content (AvgIpc) is 3.12. The predicted molar refractivity (Wildman–Crippen MR) is 102 cm³/mol. The molecule has 5 atom stereocenters. The van der Waals surface area contributed by atoms with E-state index in [9.17, 15) is 34.5 Å². The Labute approximate surface area is 169 Å². The van der Waals surface area contributed by atoms with Gasteiger partial charge in [-0.05, 0) is 32.1 Å². The van der Waals surface area contributed by atoms with Gasteiger partial charge in [0.05, 0.1) is 18.8 Å². The van der Waals surface area contributed by atoms with Crippen LogP contribution in [0.15, 0.2) is 0 Å². The number of rotatable bonds is 10. The molecule has 1 fully saturated rings. The molecule has 0 bridgehead atoms. The number of hydrogen-bond donors (Lipinski definition) is 6. The summed E-state index contributed by atoms with van der Waals surface area (Å²) in [4.78, 5) is 49.7. The maximum atomic E-state index is 12.6. The third-order valence-corrected chi connectivity index (χ3v) is 4.74. The highest BCUT2D eigenvalue weighted by Gasteiger charge is 2.38. The second-order valence-corrected chi connectivity index (χ2v) is 7.73. The highest BCUT2D eigenvalue weighted by Crippen LogP contribution is 2.18. The number of nitrogens with two attached hydrogens (primary N) is 1. The molecule has 11 heteroatoms. The molecule has 1 saturated heterocycles. The Morgan fingerprint density at radius 3 is 2.24 bits per heavy atom. The van der Waals surface area contributed by atoms with E-state index in [0.717, 1.165) is 4.90 Å². The topological polar surface area (TPSA) is 182 Å². The van der Waals surface area contributed by atoms with Crippen molar-refractivity contribution >= 4 is 23.7 Å². The van der Waals surface area contributed by atoms with Gasteiger partial charge in [-0.1, -0.05) is 13.8 Å². The summed E-state index contributed by atoms with van der Waals surface area (Å²) in [6, 6.07) is -4.68. The number of amides is 3. The lowest BCUT2D eigenvalue weighted by Gasteiger charge is -2.28. The zero-order valence-corrected chi connectivity index (χ0v) is 17.0. The van der Waals surface area contributed by atoms with Crippen molar-refractivity contribution in [2.45, 2.75) is 70.3 Å². The van der Waals surface area contributed by atoms with Gasteiger partial charge < -0.3 is 36.6 Å². The molecule has 0 aromatic carbocycles. The molecule has 0 aromatic rings. The van der Waals surface area contributed by atoms with Crippen molar-refractivity contribution in [2.75, 3.05) is 13.2 Å². The lowest BCUT2D eigenvalue weighted by molar-refractivity contribution is -0.150. The molecule has 0 radical (unpaired) electrons. The molecule has 0 saturated carbocycles. The van der Waals surface area contributed by atoms with Gasteiger partial charge >= 0.3 is 5.97 Å². The first kappa shape index (κ1) is 24.8. The van der Waals surface area contributed by atoms with Crippen LogP contribution in [0.5, 0.6) is 0 Å². The SMILES string of the molecule is CC(C)CC(N)C(=O)NC(C(=O)NC(CO)C(=O)N1CCCC1C(=O)O)C(C)O. The van der Waals surface area contributed by atoms with Gasteiger partial charge in [0.15, 0.2) is 0 Å². The molecule has 1 aliphatic rings. The van der Waals surface area contributed by atoms with Crippen LogP contribution in [0.4, 0.5) is 0 Å². The Balaban J connectivity index is 2.82. The smallest absolute Gasteiger partial charge is 0.326 e. The molecule has 5 unspecified atom stereocenters. The predicted octanol–water partition coefficient (Wildman–Crippen LogP) is -2.22. The van der Waals surface area contributed by atoms with E-state index in [1.807, 2.05) is 13.8 Å². The molecular weight excluding hydrogens is 384 g/mol. The molecule has 1 heterocycles. The number of carboxylic acid groups (broad SMARTS) is 1. The molecule has 0 spiro atoms. The van der Waals surface area contributed by atoms with E-state index in [2.05, 4.69) is 10.6 Å². The highest BCUT2D eigenvalue weighted by molar-refractivity contribution is 5.94. The van der Waals surface area contributed by atoms with E-state index in [4.69, 9.17) is 5.73 Å². The van der Waals surface area contributed by atoms with E-state index in [1.54, 1.807) is 0 Å². The van der Waals surface area contributed by atoms with Crippen molar-refractivity contribution in [3.8, 4) is 0 Å². The quantitative estimate of drug-likeness (QED) is 0.231. The van der Waals surface area contributed by atoms with Crippen molar-refractivity contribution < 1.29 is 34.5 Å². The first-order valence-electron chi connectivity index (χ1n) is 9.68. The Bertz CT molecular complexity index is 611. The van der Waals surface area contributed by atoms with Crippen molar-refractivity contribution in [2.24, 2.45) is 11.7 Å². The number of aliphatic carboxylic acids is 1. The second-order valence-electron chi connectivity index (χ2n) is 7.73. The van der Waals surface area contributed by atoms with Gasteiger partial charge in [-0.2, -0.15) is 0 Å². The van der Waals surface area contributed by atoms with E-state index < -0.39 is 60.6 Å². The summed E-state index contributed by atoms with van der Waals surface area (Å²) >= 11 is 0. The van der Waals surface area contributed by atoms with Crippen LogP contribution in [0.3, 0.4) is 0 Å². The summed E-state index contributed by atoms with van der Waals surface area (Å²) in [5.41, 5.74) is 5.79.